The fourth-order valence-electron chi connectivity index (χ4n) is 1.80. The molecule has 1 fully saturated rings. The lowest BCUT2D eigenvalue weighted by Crippen LogP contribution is -2.46. The Hall–Kier alpha value is -2.15. The summed E-state index contributed by atoms with van der Waals surface area (Å²) in [5.74, 6) is 0.420. The smallest absolute Gasteiger partial charge is 0.334 e. The first-order valence-electron chi connectivity index (χ1n) is 5.97. The Bertz CT molecular complexity index is 466. The number of hydrogen-bond acceptors (Lipinski definition) is 6. The minimum absolute atomic E-state index is 0.285. The number of hydrogen-bond donors (Lipinski definition) is 2. The Balaban J connectivity index is 2.08. The van der Waals surface area contributed by atoms with Crippen molar-refractivity contribution in [2.24, 2.45) is 0 Å². The fourth-order valence-corrected chi connectivity index (χ4v) is 1.80. The number of rotatable bonds is 5. The maximum Gasteiger partial charge on any atom is 0.334 e. The third-order valence-electron chi connectivity index (χ3n) is 2.75. The van der Waals surface area contributed by atoms with E-state index in [2.05, 4.69) is 21.9 Å². The summed E-state index contributed by atoms with van der Waals surface area (Å²) in [6, 6.07) is 1.79. The van der Waals surface area contributed by atoms with Gasteiger partial charge in [-0.3, -0.25) is 0 Å². The van der Waals surface area contributed by atoms with Crippen molar-refractivity contribution >= 4 is 17.6 Å². The highest BCUT2D eigenvalue weighted by Gasteiger charge is 2.27. The lowest BCUT2D eigenvalue weighted by atomic mass is 10.2. The van der Waals surface area contributed by atoms with Gasteiger partial charge in [-0.15, -0.1) is 6.58 Å². The molecule has 1 atom stereocenters. The molecule has 1 aliphatic heterocycles. The molecule has 102 valence electrons. The average molecular weight is 264 g/mol. The second kappa shape index (κ2) is 6.14. The molecule has 1 saturated heterocycles. The van der Waals surface area contributed by atoms with Crippen LogP contribution in [0.15, 0.2) is 25.0 Å². The summed E-state index contributed by atoms with van der Waals surface area (Å²) in [5.41, 5.74) is 0. The molecule has 2 rings (SSSR count). The van der Waals surface area contributed by atoms with Gasteiger partial charge in [-0.25, -0.2) is 14.8 Å². The van der Waals surface area contributed by atoms with Gasteiger partial charge in [0.1, 0.15) is 18.0 Å². The Kier molecular flexibility index (Phi) is 4.30. The van der Waals surface area contributed by atoms with E-state index in [1.54, 1.807) is 12.1 Å². The standard InChI is InChI=1S/C12H16N4O3/c1-2-3-13-10-6-11(15-8-14-10)16-4-5-19-9(7-16)12(17)18/h2,6,8-9H,1,3-5,7H2,(H,17,18)(H,13,14,15). The van der Waals surface area contributed by atoms with Gasteiger partial charge in [0.05, 0.1) is 13.2 Å². The largest absolute Gasteiger partial charge is 0.479 e. The zero-order valence-electron chi connectivity index (χ0n) is 10.5. The summed E-state index contributed by atoms with van der Waals surface area (Å²) in [7, 11) is 0. The van der Waals surface area contributed by atoms with Crippen molar-refractivity contribution in [1.82, 2.24) is 9.97 Å². The lowest BCUT2D eigenvalue weighted by molar-refractivity contribution is -0.150. The molecule has 1 aliphatic rings. The van der Waals surface area contributed by atoms with Gasteiger partial charge < -0.3 is 20.1 Å². The summed E-state index contributed by atoms with van der Waals surface area (Å²) in [6.45, 7) is 5.50. The van der Waals surface area contributed by atoms with E-state index in [1.165, 1.54) is 6.33 Å². The van der Waals surface area contributed by atoms with Crippen LogP contribution in [0.4, 0.5) is 11.6 Å². The number of nitrogens with one attached hydrogen (secondary N) is 1. The van der Waals surface area contributed by atoms with Crippen molar-refractivity contribution in [3.05, 3.63) is 25.0 Å². The van der Waals surface area contributed by atoms with E-state index in [9.17, 15) is 4.79 Å². The van der Waals surface area contributed by atoms with E-state index in [-0.39, 0.29) is 6.54 Å². The first kappa shape index (κ1) is 13.3. The molecule has 0 aliphatic carbocycles. The number of ether oxygens (including phenoxy) is 1. The van der Waals surface area contributed by atoms with Crippen LogP contribution in [0.1, 0.15) is 0 Å². The minimum atomic E-state index is -0.955. The number of aromatic nitrogens is 2. The molecule has 0 aromatic carbocycles. The normalized spacial score (nSPS) is 18.9. The first-order chi connectivity index (χ1) is 9.20. The van der Waals surface area contributed by atoms with E-state index in [1.807, 2.05) is 4.90 Å². The number of anilines is 2. The molecule has 0 bridgehead atoms. The van der Waals surface area contributed by atoms with Crippen LogP contribution < -0.4 is 10.2 Å². The van der Waals surface area contributed by atoms with Gasteiger partial charge in [0, 0.05) is 19.2 Å². The number of carbonyl (C=O) groups is 1. The van der Waals surface area contributed by atoms with Crippen LogP contribution in [-0.2, 0) is 9.53 Å². The minimum Gasteiger partial charge on any atom is -0.479 e. The third-order valence-corrected chi connectivity index (χ3v) is 2.75. The first-order valence-corrected chi connectivity index (χ1v) is 5.97. The summed E-state index contributed by atoms with van der Waals surface area (Å²) in [6.07, 6.45) is 2.37. The highest BCUT2D eigenvalue weighted by molar-refractivity contribution is 5.73. The molecule has 1 aromatic heterocycles. The van der Waals surface area contributed by atoms with Crippen LogP contribution in [0.5, 0.6) is 0 Å². The van der Waals surface area contributed by atoms with Crippen LogP contribution in [0, 0.1) is 0 Å². The van der Waals surface area contributed by atoms with Gasteiger partial charge in [-0.1, -0.05) is 6.08 Å². The summed E-state index contributed by atoms with van der Waals surface area (Å²) in [5, 5.41) is 12.0. The van der Waals surface area contributed by atoms with E-state index < -0.39 is 12.1 Å². The molecule has 7 nitrogen and oxygen atoms in total. The van der Waals surface area contributed by atoms with Gasteiger partial charge >= 0.3 is 5.97 Å². The molecule has 1 aromatic rings. The van der Waals surface area contributed by atoms with Crippen LogP contribution in [0.25, 0.3) is 0 Å². The van der Waals surface area contributed by atoms with Gasteiger partial charge in [0.25, 0.3) is 0 Å². The Labute approximate surface area is 110 Å². The second-order valence-electron chi connectivity index (χ2n) is 4.07. The molecular formula is C12H16N4O3. The van der Waals surface area contributed by atoms with Crippen LogP contribution >= 0.6 is 0 Å². The van der Waals surface area contributed by atoms with Crippen LogP contribution in [-0.4, -0.2) is 53.4 Å². The number of nitrogens with zero attached hydrogens (tertiary/aromatic N) is 3. The zero-order valence-corrected chi connectivity index (χ0v) is 10.5. The molecule has 1 unspecified atom stereocenters. The molecule has 0 amide bonds. The van der Waals surface area contributed by atoms with Crippen LogP contribution in [0.3, 0.4) is 0 Å². The SMILES string of the molecule is C=CCNc1cc(N2CCOC(C(=O)O)C2)ncn1. The molecule has 19 heavy (non-hydrogen) atoms. The quantitative estimate of drug-likeness (QED) is 0.742. The maximum absolute atomic E-state index is 10.9. The molecule has 0 spiro atoms. The molecule has 2 heterocycles. The Morgan fingerprint density at radius 1 is 1.68 bits per heavy atom. The lowest BCUT2D eigenvalue weighted by Gasteiger charge is -2.31. The van der Waals surface area contributed by atoms with Crippen molar-refractivity contribution in [3.8, 4) is 0 Å². The van der Waals surface area contributed by atoms with Crippen molar-refractivity contribution in [1.29, 1.82) is 0 Å². The number of aliphatic carboxylic acids is 1. The summed E-state index contributed by atoms with van der Waals surface area (Å²) < 4.78 is 5.17. The fraction of sp³-hybridized carbons (Fsp3) is 0.417. The Morgan fingerprint density at radius 3 is 3.26 bits per heavy atom. The molecule has 0 saturated carbocycles. The van der Waals surface area contributed by atoms with E-state index in [0.29, 0.717) is 31.3 Å². The van der Waals surface area contributed by atoms with Gasteiger partial charge in [-0.2, -0.15) is 0 Å². The number of carboxylic acids is 1. The van der Waals surface area contributed by atoms with Gasteiger partial charge in [-0.05, 0) is 0 Å². The predicted molar refractivity (Wildman–Crippen MR) is 70.3 cm³/mol. The molecular weight excluding hydrogens is 248 g/mol. The van der Waals surface area contributed by atoms with Gasteiger partial charge in [0.2, 0.25) is 0 Å². The molecule has 0 radical (unpaired) electrons. The van der Waals surface area contributed by atoms with Crippen molar-refractivity contribution in [2.75, 3.05) is 36.5 Å². The highest BCUT2D eigenvalue weighted by atomic mass is 16.5. The average Bonchev–Trinajstić information content (AvgIpc) is 2.45. The number of carboxylic acid groups (broad SMARTS) is 1. The molecule has 2 N–H and O–H groups in total. The maximum atomic E-state index is 10.9. The van der Waals surface area contributed by atoms with Crippen molar-refractivity contribution in [3.63, 3.8) is 0 Å². The van der Waals surface area contributed by atoms with Gasteiger partial charge in [0.15, 0.2) is 6.10 Å². The van der Waals surface area contributed by atoms with Crippen molar-refractivity contribution < 1.29 is 14.6 Å². The van der Waals surface area contributed by atoms with E-state index in [0.717, 1.165) is 0 Å². The highest BCUT2D eigenvalue weighted by Crippen LogP contribution is 2.17. The Morgan fingerprint density at radius 2 is 2.53 bits per heavy atom. The van der Waals surface area contributed by atoms with Crippen LogP contribution in [0.2, 0.25) is 0 Å². The van der Waals surface area contributed by atoms with Crippen molar-refractivity contribution in [2.45, 2.75) is 6.10 Å². The molecule has 7 heteroatoms. The topological polar surface area (TPSA) is 87.6 Å². The number of morpholine rings is 1. The predicted octanol–water partition coefficient (Wildman–Crippen LogP) is 0.364. The zero-order chi connectivity index (χ0) is 13.7. The summed E-state index contributed by atoms with van der Waals surface area (Å²) >= 11 is 0. The monoisotopic (exact) mass is 264 g/mol. The van der Waals surface area contributed by atoms with E-state index in [4.69, 9.17) is 9.84 Å². The van der Waals surface area contributed by atoms with E-state index >= 15 is 0 Å². The summed E-state index contributed by atoms with van der Waals surface area (Å²) in [4.78, 5) is 21.1. The third kappa shape index (κ3) is 3.41. The second-order valence-corrected chi connectivity index (χ2v) is 4.07.